The zero-order valence-corrected chi connectivity index (χ0v) is 10.3. The van der Waals surface area contributed by atoms with Crippen LogP contribution in [0.4, 0.5) is 22.4 Å². The van der Waals surface area contributed by atoms with Crippen molar-refractivity contribution < 1.29 is 27.1 Å². The van der Waals surface area contributed by atoms with Gasteiger partial charge in [-0.25, -0.2) is 9.18 Å². The standard InChI is InChI=1S/C11H9F4NO2.ClH/c12-8-5-6(1-2-7(8)11(13,14)15)9-3-4-18-10(17)16-9;/h1-2,5,9H,3-4H2,(H,16,17);1H/t9-;/m0./s1. The molecule has 1 amide bonds. The maximum Gasteiger partial charge on any atom is 0.419 e. The summed E-state index contributed by atoms with van der Waals surface area (Å²) in [4.78, 5) is 11.0. The molecule has 1 aliphatic heterocycles. The van der Waals surface area contributed by atoms with Crippen LogP contribution >= 0.6 is 12.4 Å². The first kappa shape index (κ1) is 15.6. The lowest BCUT2D eigenvalue weighted by Gasteiger charge is -2.24. The minimum atomic E-state index is -4.72. The van der Waals surface area contributed by atoms with Gasteiger partial charge in [-0.2, -0.15) is 13.2 Å². The van der Waals surface area contributed by atoms with Gasteiger partial charge in [-0.3, -0.25) is 0 Å². The van der Waals surface area contributed by atoms with Crippen molar-refractivity contribution in [2.24, 2.45) is 0 Å². The lowest BCUT2D eigenvalue weighted by Crippen LogP contribution is -2.35. The molecule has 0 spiro atoms. The number of amides is 1. The number of alkyl carbamates (subject to hydrolysis) is 1. The summed E-state index contributed by atoms with van der Waals surface area (Å²) in [5, 5.41) is 2.41. The summed E-state index contributed by atoms with van der Waals surface area (Å²) in [6, 6.07) is 2.09. The van der Waals surface area contributed by atoms with Crippen molar-refractivity contribution in [2.75, 3.05) is 6.61 Å². The fraction of sp³-hybridized carbons (Fsp3) is 0.364. The summed E-state index contributed by atoms with van der Waals surface area (Å²) in [5.74, 6) is -1.35. The Balaban J connectivity index is 0.00000180. The number of nitrogens with one attached hydrogen (secondary N) is 1. The summed E-state index contributed by atoms with van der Waals surface area (Å²) in [7, 11) is 0. The van der Waals surface area contributed by atoms with E-state index in [0.29, 0.717) is 12.5 Å². The van der Waals surface area contributed by atoms with E-state index in [1.54, 1.807) is 0 Å². The molecule has 3 nitrogen and oxygen atoms in total. The summed E-state index contributed by atoms with van der Waals surface area (Å²) in [6.45, 7) is 0.152. The average Bonchev–Trinajstić information content (AvgIpc) is 2.27. The first-order valence-corrected chi connectivity index (χ1v) is 5.18. The molecule has 1 aliphatic rings. The Labute approximate surface area is 112 Å². The summed E-state index contributed by atoms with van der Waals surface area (Å²) < 4.78 is 55.0. The second-order valence-electron chi connectivity index (χ2n) is 3.86. The van der Waals surface area contributed by atoms with E-state index in [1.807, 2.05) is 0 Å². The van der Waals surface area contributed by atoms with Gasteiger partial charge >= 0.3 is 12.3 Å². The molecule has 1 N–H and O–H groups in total. The van der Waals surface area contributed by atoms with Gasteiger partial charge in [0.05, 0.1) is 18.2 Å². The third-order valence-corrected chi connectivity index (χ3v) is 2.63. The molecule has 0 bridgehead atoms. The van der Waals surface area contributed by atoms with Crippen LogP contribution in [-0.4, -0.2) is 12.7 Å². The molecule has 1 aromatic rings. The van der Waals surface area contributed by atoms with E-state index in [9.17, 15) is 22.4 Å². The monoisotopic (exact) mass is 299 g/mol. The zero-order valence-electron chi connectivity index (χ0n) is 9.46. The van der Waals surface area contributed by atoms with E-state index in [-0.39, 0.29) is 24.6 Å². The number of ether oxygens (including phenoxy) is 1. The van der Waals surface area contributed by atoms with E-state index < -0.39 is 29.7 Å². The van der Waals surface area contributed by atoms with Crippen LogP contribution in [0.15, 0.2) is 18.2 Å². The van der Waals surface area contributed by atoms with E-state index in [2.05, 4.69) is 10.1 Å². The van der Waals surface area contributed by atoms with Crippen molar-refractivity contribution in [3.63, 3.8) is 0 Å². The molecule has 1 saturated heterocycles. The zero-order chi connectivity index (χ0) is 13.3. The number of hydrogen-bond donors (Lipinski definition) is 1. The second kappa shape index (κ2) is 5.64. The quantitative estimate of drug-likeness (QED) is 0.807. The second-order valence-corrected chi connectivity index (χ2v) is 3.86. The molecule has 0 saturated carbocycles. The van der Waals surface area contributed by atoms with E-state index >= 15 is 0 Å². The highest BCUT2D eigenvalue weighted by Gasteiger charge is 2.34. The number of carbonyl (C=O) groups is 1. The lowest BCUT2D eigenvalue weighted by molar-refractivity contribution is -0.140. The van der Waals surface area contributed by atoms with Crippen molar-refractivity contribution >= 4 is 18.5 Å². The predicted octanol–water partition coefficient (Wildman–Crippen LogP) is 3.44. The van der Waals surface area contributed by atoms with Gasteiger partial charge in [0.15, 0.2) is 0 Å². The minimum absolute atomic E-state index is 0. The Bertz CT molecular complexity index is 478. The largest absolute Gasteiger partial charge is 0.449 e. The van der Waals surface area contributed by atoms with Crippen LogP contribution in [0.2, 0.25) is 0 Å². The Kier molecular flexibility index (Phi) is 4.62. The molecule has 1 atom stereocenters. The van der Waals surface area contributed by atoms with Crippen LogP contribution in [0, 0.1) is 5.82 Å². The van der Waals surface area contributed by atoms with Gasteiger partial charge in [0.2, 0.25) is 0 Å². The third kappa shape index (κ3) is 3.50. The third-order valence-electron chi connectivity index (χ3n) is 2.63. The van der Waals surface area contributed by atoms with Gasteiger partial charge in [0.25, 0.3) is 0 Å². The molecule has 106 valence electrons. The fourth-order valence-corrected chi connectivity index (χ4v) is 1.75. The molecule has 1 aromatic carbocycles. The molecular formula is C11H10ClF4NO2. The Morgan fingerprint density at radius 1 is 1.32 bits per heavy atom. The number of alkyl halides is 3. The fourth-order valence-electron chi connectivity index (χ4n) is 1.75. The highest BCUT2D eigenvalue weighted by Crippen LogP contribution is 2.33. The Hall–Kier alpha value is -1.50. The molecule has 2 rings (SSSR count). The number of benzene rings is 1. The van der Waals surface area contributed by atoms with Crippen molar-refractivity contribution in [2.45, 2.75) is 18.6 Å². The predicted molar refractivity (Wildman–Crippen MR) is 60.5 cm³/mol. The molecule has 19 heavy (non-hydrogen) atoms. The van der Waals surface area contributed by atoms with Crippen LogP contribution < -0.4 is 5.32 Å². The SMILES string of the molecule is Cl.O=C1N[C@H](c2ccc(C(F)(F)F)c(F)c2)CCO1. The van der Waals surface area contributed by atoms with Crippen LogP contribution in [-0.2, 0) is 10.9 Å². The Morgan fingerprint density at radius 3 is 2.53 bits per heavy atom. The number of hydrogen-bond acceptors (Lipinski definition) is 2. The van der Waals surface area contributed by atoms with E-state index in [1.165, 1.54) is 0 Å². The lowest BCUT2D eigenvalue weighted by atomic mass is 10.0. The average molecular weight is 300 g/mol. The van der Waals surface area contributed by atoms with Crippen molar-refractivity contribution in [1.29, 1.82) is 0 Å². The molecule has 1 fully saturated rings. The van der Waals surface area contributed by atoms with Crippen molar-refractivity contribution in [3.05, 3.63) is 35.1 Å². The van der Waals surface area contributed by atoms with Gasteiger partial charge in [0, 0.05) is 6.42 Å². The van der Waals surface area contributed by atoms with Gasteiger partial charge in [0.1, 0.15) is 5.82 Å². The summed E-state index contributed by atoms with van der Waals surface area (Å²) >= 11 is 0. The number of halogens is 5. The van der Waals surface area contributed by atoms with Crippen LogP contribution in [0.1, 0.15) is 23.6 Å². The van der Waals surface area contributed by atoms with Gasteiger partial charge in [-0.05, 0) is 17.7 Å². The van der Waals surface area contributed by atoms with Gasteiger partial charge in [-0.15, -0.1) is 12.4 Å². The molecular weight excluding hydrogens is 290 g/mol. The maximum absolute atomic E-state index is 13.3. The highest BCUT2D eigenvalue weighted by molar-refractivity contribution is 5.85. The number of carbonyl (C=O) groups excluding carboxylic acids is 1. The van der Waals surface area contributed by atoms with E-state index in [4.69, 9.17) is 0 Å². The summed E-state index contributed by atoms with van der Waals surface area (Å²) in [5.41, 5.74) is -1.03. The molecule has 0 radical (unpaired) electrons. The van der Waals surface area contributed by atoms with Crippen molar-refractivity contribution in [1.82, 2.24) is 5.32 Å². The van der Waals surface area contributed by atoms with Crippen LogP contribution in [0.5, 0.6) is 0 Å². The van der Waals surface area contributed by atoms with Crippen molar-refractivity contribution in [3.8, 4) is 0 Å². The van der Waals surface area contributed by atoms with Crippen LogP contribution in [0.25, 0.3) is 0 Å². The molecule has 1 heterocycles. The van der Waals surface area contributed by atoms with Crippen LogP contribution in [0.3, 0.4) is 0 Å². The first-order valence-electron chi connectivity index (χ1n) is 5.18. The number of cyclic esters (lactones) is 1. The molecule has 0 aromatic heterocycles. The maximum atomic E-state index is 13.3. The highest BCUT2D eigenvalue weighted by atomic mass is 35.5. The summed E-state index contributed by atoms with van der Waals surface area (Å²) in [6.07, 6.45) is -5.00. The minimum Gasteiger partial charge on any atom is -0.449 e. The van der Waals surface area contributed by atoms with Gasteiger partial charge < -0.3 is 10.1 Å². The first-order chi connectivity index (χ1) is 8.38. The topological polar surface area (TPSA) is 38.3 Å². The smallest absolute Gasteiger partial charge is 0.419 e. The molecule has 8 heteroatoms. The van der Waals surface area contributed by atoms with E-state index in [0.717, 1.165) is 12.1 Å². The number of rotatable bonds is 1. The van der Waals surface area contributed by atoms with Gasteiger partial charge in [-0.1, -0.05) is 6.07 Å². The molecule has 0 aliphatic carbocycles. The Morgan fingerprint density at radius 2 is 2.00 bits per heavy atom. The molecule has 0 unspecified atom stereocenters. The normalized spacial score (nSPS) is 19.2.